The molecule has 0 aliphatic carbocycles. The van der Waals surface area contributed by atoms with E-state index in [0.29, 0.717) is 10.0 Å². The predicted molar refractivity (Wildman–Crippen MR) is 77.1 cm³/mol. The zero-order valence-electron chi connectivity index (χ0n) is 10.4. The number of hydrogen-bond donors (Lipinski definition) is 1. The van der Waals surface area contributed by atoms with Crippen molar-refractivity contribution in [2.75, 3.05) is 11.9 Å². The number of rotatable bonds is 4. The van der Waals surface area contributed by atoms with Gasteiger partial charge in [0.25, 0.3) is 0 Å². The Labute approximate surface area is 117 Å². The van der Waals surface area contributed by atoms with Gasteiger partial charge >= 0.3 is 0 Å². The van der Waals surface area contributed by atoms with Crippen LogP contribution >= 0.6 is 23.2 Å². The van der Waals surface area contributed by atoms with Crippen molar-refractivity contribution in [2.45, 2.75) is 20.3 Å². The summed E-state index contributed by atoms with van der Waals surface area (Å²) in [4.78, 5) is 4.27. The number of nitrogens with one attached hydrogen (secondary N) is 1. The molecule has 0 unspecified atom stereocenters. The van der Waals surface area contributed by atoms with Crippen molar-refractivity contribution in [3.63, 3.8) is 0 Å². The van der Waals surface area contributed by atoms with Crippen molar-refractivity contribution in [1.82, 2.24) is 9.55 Å². The maximum atomic E-state index is 6.26. The lowest BCUT2D eigenvalue weighted by Gasteiger charge is -2.12. The van der Waals surface area contributed by atoms with Crippen LogP contribution < -0.4 is 5.32 Å². The third kappa shape index (κ3) is 2.62. The van der Waals surface area contributed by atoms with Gasteiger partial charge in [0.15, 0.2) is 0 Å². The maximum Gasteiger partial charge on any atom is 0.207 e. The van der Waals surface area contributed by atoms with E-state index in [9.17, 15) is 0 Å². The lowest BCUT2D eigenvalue weighted by Crippen LogP contribution is -2.07. The van der Waals surface area contributed by atoms with E-state index in [0.717, 1.165) is 30.2 Å². The van der Waals surface area contributed by atoms with Crippen molar-refractivity contribution in [3.8, 4) is 5.69 Å². The van der Waals surface area contributed by atoms with E-state index in [1.807, 2.05) is 29.8 Å². The molecule has 1 heterocycles. The fraction of sp³-hybridized carbons (Fsp3) is 0.308. The van der Waals surface area contributed by atoms with Gasteiger partial charge in [-0.25, -0.2) is 4.98 Å². The number of halogens is 2. The Hall–Kier alpha value is -1.19. The molecule has 0 atom stereocenters. The number of aryl methyl sites for hydroxylation is 1. The minimum atomic E-state index is 0.662. The molecule has 3 nitrogen and oxygen atoms in total. The first-order valence-corrected chi connectivity index (χ1v) is 6.62. The fourth-order valence-corrected chi connectivity index (χ4v) is 2.15. The van der Waals surface area contributed by atoms with Crippen LogP contribution in [0.3, 0.4) is 0 Å². The standard InChI is InChI=1S/C13H15Cl2N3/c1-3-4-16-13-17-5-6-18(13)12-8-10(14)9(2)7-11(12)15/h5-8H,3-4H2,1-2H3,(H,16,17). The van der Waals surface area contributed by atoms with Gasteiger partial charge in [-0.15, -0.1) is 0 Å². The highest BCUT2D eigenvalue weighted by Gasteiger charge is 2.10. The largest absolute Gasteiger partial charge is 0.355 e. The Kier molecular flexibility index (Phi) is 4.15. The van der Waals surface area contributed by atoms with Gasteiger partial charge in [0.05, 0.1) is 10.7 Å². The monoisotopic (exact) mass is 283 g/mol. The minimum absolute atomic E-state index is 0.662. The minimum Gasteiger partial charge on any atom is -0.355 e. The average molecular weight is 284 g/mol. The molecule has 1 aromatic carbocycles. The van der Waals surface area contributed by atoms with Crippen LogP contribution in [0, 0.1) is 6.92 Å². The van der Waals surface area contributed by atoms with E-state index in [-0.39, 0.29) is 0 Å². The predicted octanol–water partition coefficient (Wildman–Crippen LogP) is 4.31. The Balaban J connectivity index is 2.42. The van der Waals surface area contributed by atoms with Gasteiger partial charge < -0.3 is 5.32 Å². The molecule has 5 heteroatoms. The van der Waals surface area contributed by atoms with Crippen molar-refractivity contribution in [2.24, 2.45) is 0 Å². The smallest absolute Gasteiger partial charge is 0.207 e. The molecule has 0 spiro atoms. The van der Waals surface area contributed by atoms with Crippen LogP contribution in [0.4, 0.5) is 5.95 Å². The number of imidazole rings is 1. The molecule has 0 aliphatic heterocycles. The first-order chi connectivity index (χ1) is 8.63. The van der Waals surface area contributed by atoms with Gasteiger partial charge in [-0.05, 0) is 31.0 Å². The molecule has 0 fully saturated rings. The molecule has 1 aromatic heterocycles. The molecular formula is C13H15Cl2N3. The molecule has 2 rings (SSSR count). The lowest BCUT2D eigenvalue weighted by molar-refractivity contribution is 0.937. The number of anilines is 1. The first-order valence-electron chi connectivity index (χ1n) is 5.86. The molecule has 0 radical (unpaired) electrons. The van der Waals surface area contributed by atoms with Crippen molar-refractivity contribution < 1.29 is 0 Å². The fourth-order valence-electron chi connectivity index (χ4n) is 1.69. The highest BCUT2D eigenvalue weighted by atomic mass is 35.5. The van der Waals surface area contributed by atoms with Gasteiger partial charge in [0.2, 0.25) is 5.95 Å². The van der Waals surface area contributed by atoms with Crippen LogP contribution in [-0.4, -0.2) is 16.1 Å². The summed E-state index contributed by atoms with van der Waals surface area (Å²) in [5.74, 6) is 0.777. The highest BCUT2D eigenvalue weighted by Crippen LogP contribution is 2.29. The van der Waals surface area contributed by atoms with Gasteiger partial charge in [0, 0.05) is 24.0 Å². The molecule has 2 aromatic rings. The Morgan fingerprint density at radius 2 is 2.06 bits per heavy atom. The zero-order valence-corrected chi connectivity index (χ0v) is 11.9. The number of benzene rings is 1. The summed E-state index contributed by atoms with van der Waals surface area (Å²) in [6, 6.07) is 3.72. The highest BCUT2D eigenvalue weighted by molar-refractivity contribution is 6.35. The molecule has 0 saturated carbocycles. The molecule has 0 bridgehead atoms. The maximum absolute atomic E-state index is 6.26. The van der Waals surface area contributed by atoms with Crippen LogP contribution in [0.5, 0.6) is 0 Å². The lowest BCUT2D eigenvalue weighted by atomic mass is 10.2. The summed E-state index contributed by atoms with van der Waals surface area (Å²) in [6.07, 6.45) is 4.64. The van der Waals surface area contributed by atoms with Gasteiger partial charge in [-0.1, -0.05) is 30.1 Å². The first kappa shape index (κ1) is 13.2. The molecular weight excluding hydrogens is 269 g/mol. The van der Waals surface area contributed by atoms with E-state index in [2.05, 4.69) is 17.2 Å². The summed E-state index contributed by atoms with van der Waals surface area (Å²) in [7, 11) is 0. The number of aromatic nitrogens is 2. The van der Waals surface area contributed by atoms with Crippen LogP contribution in [-0.2, 0) is 0 Å². The van der Waals surface area contributed by atoms with E-state index >= 15 is 0 Å². The molecule has 0 amide bonds. The van der Waals surface area contributed by atoms with E-state index in [1.54, 1.807) is 6.20 Å². The van der Waals surface area contributed by atoms with Crippen LogP contribution in [0.15, 0.2) is 24.5 Å². The number of hydrogen-bond acceptors (Lipinski definition) is 2. The molecule has 0 saturated heterocycles. The summed E-state index contributed by atoms with van der Waals surface area (Å²) in [5.41, 5.74) is 1.80. The second kappa shape index (κ2) is 5.63. The quantitative estimate of drug-likeness (QED) is 0.906. The Morgan fingerprint density at radius 3 is 2.78 bits per heavy atom. The van der Waals surface area contributed by atoms with Crippen LogP contribution in [0.1, 0.15) is 18.9 Å². The molecule has 96 valence electrons. The molecule has 0 aliphatic rings. The second-order valence-corrected chi connectivity index (χ2v) is 4.91. The van der Waals surface area contributed by atoms with Gasteiger partial charge in [-0.2, -0.15) is 0 Å². The number of nitrogens with zero attached hydrogens (tertiary/aromatic N) is 2. The molecule has 1 N–H and O–H groups in total. The topological polar surface area (TPSA) is 29.9 Å². The third-order valence-corrected chi connectivity index (χ3v) is 3.37. The van der Waals surface area contributed by atoms with Crippen molar-refractivity contribution >= 4 is 29.2 Å². The van der Waals surface area contributed by atoms with Crippen LogP contribution in [0.25, 0.3) is 5.69 Å². The van der Waals surface area contributed by atoms with Gasteiger partial charge in [0.1, 0.15) is 0 Å². The van der Waals surface area contributed by atoms with Gasteiger partial charge in [-0.3, -0.25) is 4.57 Å². The average Bonchev–Trinajstić information content (AvgIpc) is 2.79. The molecule has 18 heavy (non-hydrogen) atoms. The Bertz CT molecular complexity index is 549. The summed E-state index contributed by atoms with van der Waals surface area (Å²) in [6.45, 7) is 4.91. The summed E-state index contributed by atoms with van der Waals surface area (Å²) >= 11 is 12.4. The van der Waals surface area contributed by atoms with E-state index in [1.165, 1.54) is 0 Å². The normalized spacial score (nSPS) is 10.7. The third-order valence-electron chi connectivity index (χ3n) is 2.66. The second-order valence-electron chi connectivity index (χ2n) is 4.10. The van der Waals surface area contributed by atoms with E-state index in [4.69, 9.17) is 23.2 Å². The van der Waals surface area contributed by atoms with Crippen molar-refractivity contribution in [1.29, 1.82) is 0 Å². The Morgan fingerprint density at radius 1 is 1.28 bits per heavy atom. The summed E-state index contributed by atoms with van der Waals surface area (Å²) in [5, 5.41) is 4.61. The zero-order chi connectivity index (χ0) is 13.1. The van der Waals surface area contributed by atoms with Crippen molar-refractivity contribution in [3.05, 3.63) is 40.1 Å². The van der Waals surface area contributed by atoms with E-state index < -0.39 is 0 Å². The SMILES string of the molecule is CCCNc1nccn1-c1cc(Cl)c(C)cc1Cl. The van der Waals surface area contributed by atoms with Crippen LogP contribution in [0.2, 0.25) is 10.0 Å². The summed E-state index contributed by atoms with van der Waals surface area (Å²) < 4.78 is 1.91.